The number of nitrogens with zero attached hydrogens (tertiary/aromatic N) is 1. The van der Waals surface area contributed by atoms with Crippen molar-refractivity contribution in [3.05, 3.63) is 29.8 Å². The van der Waals surface area contributed by atoms with Gasteiger partial charge < -0.3 is 14.7 Å². The van der Waals surface area contributed by atoms with Crippen molar-refractivity contribution in [1.82, 2.24) is 4.90 Å². The molecular formula is C15H23NO3. The Hall–Kier alpha value is -1.55. The molecule has 0 unspecified atom stereocenters. The SMILES string of the molecule is CCC(CC)N(C)CCOc1ccc(C(=O)O)cc1. The third-order valence-corrected chi connectivity index (χ3v) is 3.38. The van der Waals surface area contributed by atoms with Gasteiger partial charge in [-0.2, -0.15) is 0 Å². The zero-order valence-electron chi connectivity index (χ0n) is 11.9. The topological polar surface area (TPSA) is 49.8 Å². The Labute approximate surface area is 115 Å². The molecule has 1 aromatic carbocycles. The number of benzene rings is 1. The lowest BCUT2D eigenvalue weighted by molar-refractivity contribution is 0.0697. The molecule has 1 rings (SSSR count). The first kappa shape index (κ1) is 15.5. The van der Waals surface area contributed by atoms with Crippen LogP contribution in [0.1, 0.15) is 37.0 Å². The molecule has 1 N–H and O–H groups in total. The fourth-order valence-corrected chi connectivity index (χ4v) is 2.10. The molecule has 106 valence electrons. The number of hydrogen-bond acceptors (Lipinski definition) is 3. The number of hydrogen-bond donors (Lipinski definition) is 1. The molecule has 1 aromatic rings. The van der Waals surface area contributed by atoms with Gasteiger partial charge in [-0.3, -0.25) is 0 Å². The van der Waals surface area contributed by atoms with Crippen molar-refractivity contribution >= 4 is 5.97 Å². The van der Waals surface area contributed by atoms with Gasteiger partial charge in [-0.1, -0.05) is 13.8 Å². The Morgan fingerprint density at radius 2 is 1.84 bits per heavy atom. The van der Waals surface area contributed by atoms with Gasteiger partial charge in [0.25, 0.3) is 0 Å². The molecule has 4 nitrogen and oxygen atoms in total. The first-order valence-electron chi connectivity index (χ1n) is 6.74. The first-order chi connectivity index (χ1) is 9.08. The van der Waals surface area contributed by atoms with Crippen LogP contribution >= 0.6 is 0 Å². The van der Waals surface area contributed by atoms with Crippen LogP contribution in [0, 0.1) is 0 Å². The quantitative estimate of drug-likeness (QED) is 0.785. The molecule has 4 heteroatoms. The number of ether oxygens (including phenoxy) is 1. The molecule has 0 aliphatic heterocycles. The van der Waals surface area contributed by atoms with Crippen LogP contribution in [0.2, 0.25) is 0 Å². The Morgan fingerprint density at radius 1 is 1.26 bits per heavy atom. The maximum Gasteiger partial charge on any atom is 0.335 e. The molecule has 0 heterocycles. The van der Waals surface area contributed by atoms with Gasteiger partial charge in [-0.25, -0.2) is 4.79 Å². The molecule has 0 aliphatic carbocycles. The number of carboxylic acid groups (broad SMARTS) is 1. The first-order valence-corrected chi connectivity index (χ1v) is 6.74. The highest BCUT2D eigenvalue weighted by molar-refractivity contribution is 5.87. The van der Waals surface area contributed by atoms with Crippen molar-refractivity contribution in [1.29, 1.82) is 0 Å². The zero-order valence-corrected chi connectivity index (χ0v) is 11.9. The fraction of sp³-hybridized carbons (Fsp3) is 0.533. The maximum atomic E-state index is 10.7. The van der Waals surface area contributed by atoms with Crippen molar-refractivity contribution < 1.29 is 14.6 Å². The number of carbonyl (C=O) groups is 1. The largest absolute Gasteiger partial charge is 0.492 e. The van der Waals surface area contributed by atoms with Crippen molar-refractivity contribution in [3.8, 4) is 5.75 Å². The van der Waals surface area contributed by atoms with E-state index in [1.807, 2.05) is 0 Å². The molecule has 19 heavy (non-hydrogen) atoms. The third-order valence-electron chi connectivity index (χ3n) is 3.38. The number of aromatic carboxylic acids is 1. The van der Waals surface area contributed by atoms with Gasteiger partial charge in [0, 0.05) is 12.6 Å². The molecule has 0 saturated heterocycles. The minimum Gasteiger partial charge on any atom is -0.492 e. The maximum absolute atomic E-state index is 10.7. The normalized spacial score (nSPS) is 11.0. The van der Waals surface area contributed by atoms with Crippen LogP contribution in [0.15, 0.2) is 24.3 Å². The average molecular weight is 265 g/mol. The molecule has 0 bridgehead atoms. The van der Waals surface area contributed by atoms with Gasteiger partial charge in [0.05, 0.1) is 5.56 Å². The van der Waals surface area contributed by atoms with Gasteiger partial charge in [0.1, 0.15) is 12.4 Å². The van der Waals surface area contributed by atoms with E-state index in [9.17, 15) is 4.79 Å². The van der Waals surface area contributed by atoms with E-state index in [1.54, 1.807) is 24.3 Å². The second-order valence-electron chi connectivity index (χ2n) is 4.63. The van der Waals surface area contributed by atoms with Crippen molar-refractivity contribution in [3.63, 3.8) is 0 Å². The average Bonchev–Trinajstić information content (AvgIpc) is 2.40. The lowest BCUT2D eigenvalue weighted by Crippen LogP contribution is -2.33. The van der Waals surface area contributed by atoms with Gasteiger partial charge >= 0.3 is 5.97 Å². The van der Waals surface area contributed by atoms with Gasteiger partial charge in [0.2, 0.25) is 0 Å². The molecule has 0 spiro atoms. The van der Waals surface area contributed by atoms with E-state index in [0.29, 0.717) is 18.4 Å². The van der Waals surface area contributed by atoms with Crippen LogP contribution < -0.4 is 4.74 Å². The van der Waals surface area contributed by atoms with Crippen LogP contribution in [-0.2, 0) is 0 Å². The smallest absolute Gasteiger partial charge is 0.335 e. The molecule has 0 saturated carbocycles. The van der Waals surface area contributed by atoms with Crippen LogP contribution in [0.3, 0.4) is 0 Å². The summed E-state index contributed by atoms with van der Waals surface area (Å²) in [4.78, 5) is 13.0. The summed E-state index contributed by atoms with van der Waals surface area (Å²) in [5.41, 5.74) is 0.279. The van der Waals surface area contributed by atoms with Gasteiger partial charge in [-0.05, 0) is 44.2 Å². The molecular weight excluding hydrogens is 242 g/mol. The van der Waals surface area contributed by atoms with E-state index in [4.69, 9.17) is 9.84 Å². The highest BCUT2D eigenvalue weighted by Gasteiger charge is 2.09. The van der Waals surface area contributed by atoms with Crippen LogP contribution in [-0.4, -0.2) is 42.2 Å². The summed E-state index contributed by atoms with van der Waals surface area (Å²) in [7, 11) is 2.11. The Bertz CT molecular complexity index is 385. The summed E-state index contributed by atoms with van der Waals surface area (Å²) in [6, 6.07) is 7.10. The van der Waals surface area contributed by atoms with E-state index < -0.39 is 5.97 Å². The summed E-state index contributed by atoms with van der Waals surface area (Å²) in [5, 5.41) is 8.79. The fourth-order valence-electron chi connectivity index (χ4n) is 2.10. The van der Waals surface area contributed by atoms with Crippen molar-refractivity contribution in [2.75, 3.05) is 20.2 Å². The Morgan fingerprint density at radius 3 is 2.32 bits per heavy atom. The van der Waals surface area contributed by atoms with Gasteiger partial charge in [0.15, 0.2) is 0 Å². The molecule has 0 amide bonds. The number of rotatable bonds is 8. The predicted octanol–water partition coefficient (Wildman–Crippen LogP) is 2.88. The van der Waals surface area contributed by atoms with E-state index in [2.05, 4.69) is 25.8 Å². The van der Waals surface area contributed by atoms with Crippen LogP contribution in [0.25, 0.3) is 0 Å². The van der Waals surface area contributed by atoms with E-state index in [0.717, 1.165) is 19.4 Å². The predicted molar refractivity (Wildman–Crippen MR) is 75.9 cm³/mol. The van der Waals surface area contributed by atoms with E-state index in [1.165, 1.54) is 0 Å². The highest BCUT2D eigenvalue weighted by atomic mass is 16.5. The van der Waals surface area contributed by atoms with E-state index >= 15 is 0 Å². The van der Waals surface area contributed by atoms with E-state index in [-0.39, 0.29) is 5.56 Å². The van der Waals surface area contributed by atoms with Gasteiger partial charge in [-0.15, -0.1) is 0 Å². The second-order valence-corrected chi connectivity index (χ2v) is 4.63. The molecule has 0 radical (unpaired) electrons. The Kier molecular flexibility index (Phi) is 6.36. The second kappa shape index (κ2) is 7.79. The summed E-state index contributed by atoms with van der Waals surface area (Å²) >= 11 is 0. The lowest BCUT2D eigenvalue weighted by atomic mass is 10.1. The standard InChI is InChI=1S/C15H23NO3/c1-4-13(5-2)16(3)10-11-19-14-8-6-12(7-9-14)15(17)18/h6-9,13H,4-5,10-11H2,1-3H3,(H,17,18). The molecule has 0 aromatic heterocycles. The van der Waals surface area contributed by atoms with Crippen molar-refractivity contribution in [2.24, 2.45) is 0 Å². The van der Waals surface area contributed by atoms with Crippen LogP contribution in [0.4, 0.5) is 0 Å². The molecule has 0 aliphatic rings. The summed E-state index contributed by atoms with van der Waals surface area (Å²) in [5.74, 6) is -0.206. The summed E-state index contributed by atoms with van der Waals surface area (Å²) < 4.78 is 5.62. The third kappa shape index (κ3) is 4.91. The minimum absolute atomic E-state index is 0.279. The minimum atomic E-state index is -0.917. The zero-order chi connectivity index (χ0) is 14.3. The summed E-state index contributed by atoms with van der Waals surface area (Å²) in [6.07, 6.45) is 2.28. The summed E-state index contributed by atoms with van der Waals surface area (Å²) in [6.45, 7) is 5.86. The Balaban J connectivity index is 2.38. The van der Waals surface area contributed by atoms with Crippen LogP contribution in [0.5, 0.6) is 5.75 Å². The molecule has 0 fully saturated rings. The molecule has 0 atom stereocenters. The number of likely N-dealkylation sites (N-methyl/N-ethyl adjacent to an activating group) is 1. The monoisotopic (exact) mass is 265 g/mol. The number of carboxylic acids is 1. The van der Waals surface area contributed by atoms with Crippen molar-refractivity contribution in [2.45, 2.75) is 32.7 Å². The lowest BCUT2D eigenvalue weighted by Gasteiger charge is -2.25. The highest BCUT2D eigenvalue weighted by Crippen LogP contribution is 2.12.